The van der Waals surface area contributed by atoms with Crippen molar-refractivity contribution in [3.8, 4) is 17.2 Å². The molecular formula is C33H40F2N4O7. The second-order valence-electron chi connectivity index (χ2n) is 11.8. The molecule has 0 spiro atoms. The number of fused-ring (bicyclic) bond motifs is 1. The molecule has 11 nitrogen and oxygen atoms in total. The third-order valence-electron chi connectivity index (χ3n) is 8.62. The van der Waals surface area contributed by atoms with Crippen LogP contribution in [0.3, 0.4) is 0 Å². The quantitative estimate of drug-likeness (QED) is 0.283. The number of alkyl halides is 2. The topological polar surface area (TPSA) is 121 Å². The van der Waals surface area contributed by atoms with Gasteiger partial charge in [-0.3, -0.25) is 23.5 Å². The molecule has 1 aliphatic carbocycles. The van der Waals surface area contributed by atoms with Gasteiger partial charge >= 0.3 is 5.69 Å². The van der Waals surface area contributed by atoms with E-state index in [1.807, 2.05) is 0 Å². The van der Waals surface area contributed by atoms with Gasteiger partial charge in [0.25, 0.3) is 11.5 Å². The third kappa shape index (κ3) is 7.34. The van der Waals surface area contributed by atoms with E-state index in [1.165, 1.54) is 19.2 Å². The molecule has 13 heteroatoms. The van der Waals surface area contributed by atoms with E-state index < -0.39 is 36.8 Å². The lowest BCUT2D eigenvalue weighted by Crippen LogP contribution is -2.44. The fourth-order valence-corrected chi connectivity index (χ4v) is 6.08. The van der Waals surface area contributed by atoms with Crippen molar-refractivity contribution in [2.75, 3.05) is 33.4 Å². The van der Waals surface area contributed by atoms with E-state index in [4.69, 9.17) is 14.2 Å². The number of ether oxygens (including phenoxy) is 3. The van der Waals surface area contributed by atoms with E-state index >= 15 is 0 Å². The number of hydrogen-bond donors (Lipinski definition) is 1. The molecule has 2 atom stereocenters. The van der Waals surface area contributed by atoms with E-state index in [1.54, 1.807) is 40.7 Å². The maximum absolute atomic E-state index is 14.1. The number of likely N-dealkylation sites (N-methyl/N-ethyl adjacent to an activating group) is 1. The number of aromatic nitrogens is 2. The first kappa shape index (κ1) is 33.0. The van der Waals surface area contributed by atoms with Crippen LogP contribution in [0.2, 0.25) is 0 Å². The molecule has 1 saturated carbocycles. The highest BCUT2D eigenvalue weighted by Gasteiger charge is 2.26. The van der Waals surface area contributed by atoms with Crippen molar-refractivity contribution in [1.29, 1.82) is 0 Å². The highest BCUT2D eigenvalue weighted by molar-refractivity contribution is 5.81. The second kappa shape index (κ2) is 14.8. The van der Waals surface area contributed by atoms with Crippen molar-refractivity contribution in [1.82, 2.24) is 19.4 Å². The number of nitrogens with zero attached hydrogens (tertiary/aromatic N) is 3. The summed E-state index contributed by atoms with van der Waals surface area (Å²) in [6, 6.07) is 9.40. The lowest BCUT2D eigenvalue weighted by Gasteiger charge is -2.31. The molecule has 0 bridgehead atoms. The summed E-state index contributed by atoms with van der Waals surface area (Å²) >= 11 is 0. The molecular weight excluding hydrogens is 602 g/mol. The van der Waals surface area contributed by atoms with Gasteiger partial charge in [0, 0.05) is 26.2 Å². The van der Waals surface area contributed by atoms with Gasteiger partial charge < -0.3 is 24.4 Å². The average Bonchev–Trinajstić information content (AvgIpc) is 3.59. The number of piperidine rings is 1. The molecule has 1 unspecified atom stereocenters. The summed E-state index contributed by atoms with van der Waals surface area (Å²) in [5, 5.41) is 2.74. The van der Waals surface area contributed by atoms with Crippen molar-refractivity contribution in [2.45, 2.75) is 76.4 Å². The van der Waals surface area contributed by atoms with Crippen LogP contribution in [0, 0.1) is 0 Å². The second-order valence-corrected chi connectivity index (χ2v) is 11.8. The van der Waals surface area contributed by atoms with Crippen LogP contribution in [-0.2, 0) is 16.1 Å². The fraction of sp³-hybridized carbons (Fsp3) is 0.515. The number of rotatable bonds is 13. The highest BCUT2D eigenvalue weighted by Crippen LogP contribution is 2.34. The first-order valence-electron chi connectivity index (χ1n) is 15.7. The van der Waals surface area contributed by atoms with Gasteiger partial charge in [-0.25, -0.2) is 13.6 Å². The van der Waals surface area contributed by atoms with Gasteiger partial charge in [-0.05, 0) is 81.3 Å². The van der Waals surface area contributed by atoms with Gasteiger partial charge in [0.15, 0.2) is 23.8 Å². The predicted molar refractivity (Wildman–Crippen MR) is 167 cm³/mol. The van der Waals surface area contributed by atoms with Gasteiger partial charge in [0.1, 0.15) is 19.0 Å². The molecule has 248 valence electrons. The van der Waals surface area contributed by atoms with Crippen molar-refractivity contribution in [3.05, 3.63) is 62.8 Å². The molecule has 1 aromatic heterocycles. The Hall–Kier alpha value is -4.42. The molecule has 2 amide bonds. The van der Waals surface area contributed by atoms with Gasteiger partial charge in [0.2, 0.25) is 6.41 Å². The Morgan fingerprint density at radius 3 is 2.48 bits per heavy atom. The molecule has 5 rings (SSSR count). The Bertz CT molecular complexity index is 1660. The Morgan fingerprint density at radius 2 is 1.80 bits per heavy atom. The van der Waals surface area contributed by atoms with Crippen LogP contribution in [0.1, 0.15) is 57.1 Å². The minimum atomic E-state index is -1.81. The Balaban J connectivity index is 1.56. The van der Waals surface area contributed by atoms with Gasteiger partial charge in [-0.15, -0.1) is 0 Å². The van der Waals surface area contributed by atoms with Crippen molar-refractivity contribution >= 4 is 23.2 Å². The molecule has 0 radical (unpaired) electrons. The minimum Gasteiger partial charge on any atom is -0.490 e. The zero-order chi connectivity index (χ0) is 32.8. The summed E-state index contributed by atoms with van der Waals surface area (Å²) in [6.07, 6.45) is 3.13. The fourth-order valence-electron chi connectivity index (χ4n) is 6.08. The molecule has 3 aromatic rings. The van der Waals surface area contributed by atoms with Crippen LogP contribution in [0.15, 0.2) is 46.0 Å². The van der Waals surface area contributed by atoms with E-state index in [0.717, 1.165) is 36.7 Å². The summed E-state index contributed by atoms with van der Waals surface area (Å²) in [5.74, 6) is 0.633. The molecule has 1 aliphatic heterocycles. The number of nitrogens with one attached hydrogen (secondary N) is 1. The number of likely N-dealkylation sites (tertiary alicyclic amines) is 1. The summed E-state index contributed by atoms with van der Waals surface area (Å²) < 4.78 is 46.6. The van der Waals surface area contributed by atoms with Crippen molar-refractivity contribution in [2.24, 2.45) is 0 Å². The molecule has 2 fully saturated rings. The number of amides is 2. The Kier molecular flexibility index (Phi) is 10.6. The van der Waals surface area contributed by atoms with E-state index in [-0.39, 0.29) is 35.7 Å². The molecule has 1 saturated heterocycles. The first-order valence-corrected chi connectivity index (χ1v) is 15.7. The summed E-state index contributed by atoms with van der Waals surface area (Å²) in [4.78, 5) is 53.3. The third-order valence-corrected chi connectivity index (χ3v) is 8.62. The van der Waals surface area contributed by atoms with Crippen LogP contribution in [0.5, 0.6) is 17.2 Å². The highest BCUT2D eigenvalue weighted by atomic mass is 19.2. The van der Waals surface area contributed by atoms with E-state index in [2.05, 4.69) is 5.32 Å². The minimum absolute atomic E-state index is 0.0263. The maximum atomic E-state index is 14.1. The zero-order valence-corrected chi connectivity index (χ0v) is 26.1. The number of carbonyl (C=O) groups is 2. The lowest BCUT2D eigenvalue weighted by molar-refractivity contribution is -0.126. The first-order chi connectivity index (χ1) is 22.2. The van der Waals surface area contributed by atoms with Crippen LogP contribution in [-0.4, -0.2) is 78.1 Å². The molecule has 2 aromatic carbocycles. The molecule has 1 N–H and O–H groups in total. The van der Waals surface area contributed by atoms with Crippen LogP contribution < -0.4 is 30.8 Å². The summed E-state index contributed by atoms with van der Waals surface area (Å²) in [6.45, 7) is 0.691. The van der Waals surface area contributed by atoms with Crippen LogP contribution in [0.25, 0.3) is 10.9 Å². The average molecular weight is 643 g/mol. The van der Waals surface area contributed by atoms with Gasteiger partial charge in [0.05, 0.1) is 23.6 Å². The van der Waals surface area contributed by atoms with Gasteiger partial charge in [-0.1, -0.05) is 6.07 Å². The van der Waals surface area contributed by atoms with Crippen molar-refractivity contribution < 1.29 is 32.6 Å². The SMILES string of the molecule is CNC(=O)[C@@H](C)Oc1cc(Cn2c(=O)c3cc(OCC(F)CF)ccc3n(C3CCN(C=O)CC3)c2=O)ccc1OC1CCCC1. The Morgan fingerprint density at radius 1 is 1.07 bits per heavy atom. The summed E-state index contributed by atoms with van der Waals surface area (Å²) in [7, 11) is 1.52. The Labute approximate surface area is 265 Å². The smallest absolute Gasteiger partial charge is 0.332 e. The van der Waals surface area contributed by atoms with Crippen LogP contribution in [0.4, 0.5) is 8.78 Å². The normalized spacial score (nSPS) is 17.1. The molecule has 46 heavy (non-hydrogen) atoms. The van der Waals surface area contributed by atoms with Crippen LogP contribution >= 0.6 is 0 Å². The largest absolute Gasteiger partial charge is 0.490 e. The maximum Gasteiger partial charge on any atom is 0.332 e. The number of halogens is 2. The zero-order valence-electron chi connectivity index (χ0n) is 26.1. The van der Waals surface area contributed by atoms with E-state index in [0.29, 0.717) is 48.5 Å². The monoisotopic (exact) mass is 642 g/mol. The van der Waals surface area contributed by atoms with E-state index in [9.17, 15) is 28.0 Å². The lowest BCUT2D eigenvalue weighted by atomic mass is 10.0. The standard InChI is InChI=1S/C33H40F2N4O7/c1-21(31(41)36-2)45-30-15-22(7-10-29(30)46-25-5-3-4-6-25)18-38-32(42)27-16-26(44-19-23(35)17-34)8-9-28(27)39(33(38)43)24-11-13-37(20-40)14-12-24/h7-10,15-16,20-21,23-25H,3-6,11-14,17-19H2,1-2H3,(H,36,41)/t21-,23?/m1/s1. The number of benzene rings is 2. The molecule has 2 aliphatic rings. The molecule has 2 heterocycles. The number of carbonyl (C=O) groups excluding carboxylic acids is 2. The predicted octanol–water partition coefficient (Wildman–Crippen LogP) is 3.53. The van der Waals surface area contributed by atoms with Gasteiger partial charge in [-0.2, -0.15) is 0 Å². The van der Waals surface area contributed by atoms with Crippen molar-refractivity contribution in [3.63, 3.8) is 0 Å². The number of hydrogen-bond acceptors (Lipinski definition) is 7. The summed E-state index contributed by atoms with van der Waals surface area (Å²) in [5.41, 5.74) is -0.158.